The Labute approximate surface area is 81.7 Å². The van der Waals surface area contributed by atoms with Crippen LogP contribution in [0.15, 0.2) is 0 Å². The quantitative estimate of drug-likeness (QED) is 0.610. The monoisotopic (exact) mass is 182 g/mol. The Kier molecular flexibility index (Phi) is 2.16. The molecule has 2 nitrogen and oxygen atoms in total. The number of hydrogen-bond donors (Lipinski definition) is 1. The number of nitrogens with zero attached hydrogens (tertiary/aromatic N) is 1. The van der Waals surface area contributed by atoms with E-state index in [-0.39, 0.29) is 0 Å². The molecule has 0 aromatic carbocycles. The first-order valence-corrected chi connectivity index (χ1v) is 5.48. The lowest BCUT2D eigenvalue weighted by atomic mass is 9.86. The molecule has 0 bridgehead atoms. The highest BCUT2D eigenvalue weighted by molar-refractivity contribution is 4.98. The predicted molar refractivity (Wildman–Crippen MR) is 55.9 cm³/mol. The second-order valence-corrected chi connectivity index (χ2v) is 5.77. The van der Waals surface area contributed by atoms with Crippen molar-refractivity contribution in [3.63, 3.8) is 0 Å². The van der Waals surface area contributed by atoms with Gasteiger partial charge < -0.3 is 5.32 Å². The van der Waals surface area contributed by atoms with Crippen molar-refractivity contribution in [3.8, 4) is 0 Å². The summed E-state index contributed by atoms with van der Waals surface area (Å²) in [6.07, 6.45) is 2.79. The Balaban J connectivity index is 2.01. The zero-order valence-electron chi connectivity index (χ0n) is 9.19. The molecule has 2 rings (SSSR count). The summed E-state index contributed by atoms with van der Waals surface area (Å²) in [6, 6.07) is 0. The van der Waals surface area contributed by atoms with E-state index in [0.717, 1.165) is 0 Å². The van der Waals surface area contributed by atoms with Crippen LogP contribution in [-0.2, 0) is 0 Å². The van der Waals surface area contributed by atoms with Gasteiger partial charge in [0.25, 0.3) is 0 Å². The van der Waals surface area contributed by atoms with Gasteiger partial charge in [-0.2, -0.15) is 0 Å². The first-order chi connectivity index (χ1) is 6.02. The third-order valence-electron chi connectivity index (χ3n) is 3.72. The van der Waals surface area contributed by atoms with Gasteiger partial charge in [-0.3, -0.25) is 4.90 Å². The van der Waals surface area contributed by atoms with Crippen LogP contribution in [0.1, 0.15) is 33.6 Å². The van der Waals surface area contributed by atoms with Crippen molar-refractivity contribution in [2.75, 3.05) is 26.2 Å². The van der Waals surface area contributed by atoms with Crippen LogP contribution in [0, 0.1) is 5.41 Å². The van der Waals surface area contributed by atoms with Gasteiger partial charge in [-0.05, 0) is 52.1 Å². The summed E-state index contributed by atoms with van der Waals surface area (Å²) in [6.45, 7) is 12.1. The maximum Gasteiger partial charge on any atom is 0.0125 e. The van der Waals surface area contributed by atoms with Crippen LogP contribution in [0.4, 0.5) is 0 Å². The molecule has 76 valence electrons. The highest BCUT2D eigenvalue weighted by atomic mass is 15.2. The lowest BCUT2D eigenvalue weighted by Gasteiger charge is -2.33. The summed E-state index contributed by atoms with van der Waals surface area (Å²) in [7, 11) is 0. The average molecular weight is 182 g/mol. The molecule has 2 heteroatoms. The van der Waals surface area contributed by atoms with Crippen LogP contribution in [0.25, 0.3) is 0 Å². The molecule has 2 aliphatic heterocycles. The van der Waals surface area contributed by atoms with Crippen LogP contribution in [0.2, 0.25) is 0 Å². The minimum absolute atomic E-state index is 0.367. The summed E-state index contributed by atoms with van der Waals surface area (Å²) < 4.78 is 0. The largest absolute Gasteiger partial charge is 0.316 e. The number of hydrogen-bond acceptors (Lipinski definition) is 2. The van der Waals surface area contributed by atoms with Gasteiger partial charge >= 0.3 is 0 Å². The zero-order chi connectivity index (χ0) is 9.53. The molecule has 1 N–H and O–H groups in total. The maximum absolute atomic E-state index is 3.50. The first-order valence-electron chi connectivity index (χ1n) is 5.48. The van der Waals surface area contributed by atoms with E-state index in [1.54, 1.807) is 0 Å². The molecule has 2 fully saturated rings. The summed E-state index contributed by atoms with van der Waals surface area (Å²) in [5.41, 5.74) is 0.999. The molecule has 2 heterocycles. The molecule has 0 saturated carbocycles. The van der Waals surface area contributed by atoms with Crippen molar-refractivity contribution < 1.29 is 0 Å². The van der Waals surface area contributed by atoms with E-state index in [1.165, 1.54) is 39.0 Å². The van der Waals surface area contributed by atoms with E-state index in [4.69, 9.17) is 0 Å². The smallest absolute Gasteiger partial charge is 0.0125 e. The average Bonchev–Trinajstić information content (AvgIpc) is 2.60. The van der Waals surface area contributed by atoms with Gasteiger partial charge in [0.05, 0.1) is 0 Å². The van der Waals surface area contributed by atoms with Crippen LogP contribution in [0.3, 0.4) is 0 Å². The fourth-order valence-corrected chi connectivity index (χ4v) is 2.65. The molecule has 0 unspecified atom stereocenters. The maximum atomic E-state index is 3.50. The normalized spacial score (nSPS) is 36.2. The molecule has 0 aromatic rings. The van der Waals surface area contributed by atoms with E-state index < -0.39 is 0 Å². The van der Waals surface area contributed by atoms with Crippen molar-refractivity contribution in [3.05, 3.63) is 0 Å². The minimum Gasteiger partial charge on any atom is -0.316 e. The third-order valence-corrected chi connectivity index (χ3v) is 3.72. The molecule has 0 radical (unpaired) electrons. The summed E-state index contributed by atoms with van der Waals surface area (Å²) in [5, 5.41) is 3.50. The summed E-state index contributed by atoms with van der Waals surface area (Å²) >= 11 is 0. The molecule has 0 amide bonds. The Morgan fingerprint density at radius 2 is 2.00 bits per heavy atom. The van der Waals surface area contributed by atoms with E-state index in [2.05, 4.69) is 31.0 Å². The number of nitrogens with one attached hydrogen (secondary N) is 1. The topological polar surface area (TPSA) is 15.3 Å². The SMILES string of the molecule is CC(C)(C)N1CC[C@]2(CCNC2)C1. The van der Waals surface area contributed by atoms with Gasteiger partial charge in [-0.25, -0.2) is 0 Å². The van der Waals surface area contributed by atoms with Crippen molar-refractivity contribution in [2.24, 2.45) is 5.41 Å². The zero-order valence-corrected chi connectivity index (χ0v) is 9.19. The first kappa shape index (κ1) is 9.47. The fourth-order valence-electron chi connectivity index (χ4n) is 2.65. The molecule has 2 aliphatic rings. The molecule has 1 atom stereocenters. The number of rotatable bonds is 0. The molecule has 1 spiro atoms. The van der Waals surface area contributed by atoms with Crippen LogP contribution < -0.4 is 5.32 Å². The molecule has 2 saturated heterocycles. The highest BCUT2D eigenvalue weighted by Gasteiger charge is 2.42. The Bertz CT molecular complexity index is 187. The minimum atomic E-state index is 0.367. The van der Waals surface area contributed by atoms with E-state index >= 15 is 0 Å². The van der Waals surface area contributed by atoms with Gasteiger partial charge in [-0.1, -0.05) is 0 Å². The fraction of sp³-hybridized carbons (Fsp3) is 1.00. The second-order valence-electron chi connectivity index (χ2n) is 5.77. The standard InChI is InChI=1S/C11H22N2/c1-10(2,3)13-7-5-11(9-13)4-6-12-8-11/h12H,4-9H2,1-3H3/t11-/m0/s1. The van der Waals surface area contributed by atoms with E-state index in [9.17, 15) is 0 Å². The predicted octanol–water partition coefficient (Wildman–Crippen LogP) is 1.47. The molecule has 0 aliphatic carbocycles. The molecule has 13 heavy (non-hydrogen) atoms. The van der Waals surface area contributed by atoms with E-state index in [0.29, 0.717) is 11.0 Å². The van der Waals surface area contributed by atoms with Crippen molar-refractivity contribution in [2.45, 2.75) is 39.2 Å². The Morgan fingerprint density at radius 1 is 1.23 bits per heavy atom. The van der Waals surface area contributed by atoms with Gasteiger partial charge in [0.2, 0.25) is 0 Å². The van der Waals surface area contributed by atoms with Crippen molar-refractivity contribution in [1.29, 1.82) is 0 Å². The Hall–Kier alpha value is -0.0800. The second kappa shape index (κ2) is 2.96. The summed E-state index contributed by atoms with van der Waals surface area (Å²) in [5.74, 6) is 0. The van der Waals surface area contributed by atoms with Gasteiger partial charge in [0, 0.05) is 18.6 Å². The van der Waals surface area contributed by atoms with Crippen LogP contribution in [-0.4, -0.2) is 36.6 Å². The molecular weight excluding hydrogens is 160 g/mol. The van der Waals surface area contributed by atoms with Gasteiger partial charge in [0.1, 0.15) is 0 Å². The Morgan fingerprint density at radius 3 is 2.46 bits per heavy atom. The summed E-state index contributed by atoms with van der Waals surface area (Å²) in [4.78, 5) is 2.64. The van der Waals surface area contributed by atoms with Crippen LogP contribution >= 0.6 is 0 Å². The molecular formula is C11H22N2. The number of likely N-dealkylation sites (tertiary alicyclic amines) is 1. The highest BCUT2D eigenvalue weighted by Crippen LogP contribution is 2.38. The lowest BCUT2D eigenvalue weighted by Crippen LogP contribution is -2.41. The lowest BCUT2D eigenvalue weighted by molar-refractivity contribution is 0.153. The van der Waals surface area contributed by atoms with Gasteiger partial charge in [0.15, 0.2) is 0 Å². The third kappa shape index (κ3) is 1.75. The molecule has 0 aromatic heterocycles. The van der Waals surface area contributed by atoms with Gasteiger partial charge in [-0.15, -0.1) is 0 Å². The van der Waals surface area contributed by atoms with Crippen molar-refractivity contribution in [1.82, 2.24) is 10.2 Å². The van der Waals surface area contributed by atoms with E-state index in [1.807, 2.05) is 0 Å². The van der Waals surface area contributed by atoms with Crippen molar-refractivity contribution >= 4 is 0 Å². The van der Waals surface area contributed by atoms with Crippen LogP contribution in [0.5, 0.6) is 0 Å².